The molecule has 0 saturated carbocycles. The number of aryl methyl sites for hydroxylation is 1. The van der Waals surface area contributed by atoms with Crippen LogP contribution >= 0.6 is 0 Å². The Morgan fingerprint density at radius 3 is 2.74 bits per heavy atom. The molecule has 0 radical (unpaired) electrons. The molecule has 0 amide bonds. The number of aliphatic imine (C=N–C) groups is 1. The third kappa shape index (κ3) is 3.95. The van der Waals surface area contributed by atoms with Gasteiger partial charge in [0.05, 0.1) is 25.7 Å². The van der Waals surface area contributed by atoms with Crippen LogP contribution in [0.2, 0.25) is 0 Å². The maximum absolute atomic E-state index is 5.44. The quantitative estimate of drug-likeness (QED) is 0.828. The molecule has 1 heterocycles. The number of benzene rings is 1. The Labute approximate surface area is 139 Å². The molecule has 4 heteroatoms. The predicted octanol–water partition coefficient (Wildman–Crippen LogP) is 3.96. The van der Waals surface area contributed by atoms with E-state index in [1.165, 1.54) is 5.56 Å². The first-order valence-corrected chi connectivity index (χ1v) is 8.08. The summed E-state index contributed by atoms with van der Waals surface area (Å²) in [5, 5.41) is 3.36. The van der Waals surface area contributed by atoms with Crippen molar-refractivity contribution in [2.75, 3.05) is 20.2 Å². The van der Waals surface area contributed by atoms with Crippen LogP contribution in [0.4, 0.5) is 5.69 Å². The van der Waals surface area contributed by atoms with E-state index in [1.807, 2.05) is 17.3 Å². The molecule has 124 valence electrons. The summed E-state index contributed by atoms with van der Waals surface area (Å²) < 4.78 is 5.44. The van der Waals surface area contributed by atoms with E-state index in [4.69, 9.17) is 4.74 Å². The minimum Gasteiger partial charge on any atom is -0.496 e. The van der Waals surface area contributed by atoms with Gasteiger partial charge in [-0.2, -0.15) is 0 Å². The average molecular weight is 313 g/mol. The number of rotatable bonds is 7. The van der Waals surface area contributed by atoms with Crippen molar-refractivity contribution >= 4 is 17.7 Å². The molecule has 1 aromatic carbocycles. The molecule has 0 unspecified atom stereocenters. The molecule has 1 aliphatic heterocycles. The Balaban J connectivity index is 2.16. The van der Waals surface area contributed by atoms with Crippen LogP contribution in [-0.4, -0.2) is 31.4 Å². The van der Waals surface area contributed by atoms with Gasteiger partial charge >= 0.3 is 0 Å². The summed E-state index contributed by atoms with van der Waals surface area (Å²) in [5.74, 6) is 1.47. The van der Waals surface area contributed by atoms with E-state index in [-0.39, 0.29) is 0 Å². The third-order valence-corrected chi connectivity index (χ3v) is 3.89. The van der Waals surface area contributed by atoms with E-state index in [1.54, 1.807) is 7.11 Å². The van der Waals surface area contributed by atoms with Gasteiger partial charge in [-0.25, -0.2) is 4.99 Å². The first kappa shape index (κ1) is 17.1. The molecule has 1 aliphatic rings. The smallest absolute Gasteiger partial charge is 0.124 e. The lowest BCUT2D eigenvalue weighted by Gasteiger charge is -2.28. The minimum absolute atomic E-state index is 0.588. The SMILES string of the molecule is C=C(CN1C=Nc2cc(OC)c(CC)cc2C1=C)NCC(C)C. The number of ether oxygens (including phenoxy) is 1. The zero-order valence-corrected chi connectivity index (χ0v) is 14.6. The summed E-state index contributed by atoms with van der Waals surface area (Å²) in [7, 11) is 1.69. The normalized spacial score (nSPS) is 13.3. The second-order valence-corrected chi connectivity index (χ2v) is 6.23. The summed E-state index contributed by atoms with van der Waals surface area (Å²) in [6, 6.07) is 4.11. The van der Waals surface area contributed by atoms with Gasteiger partial charge in [-0.15, -0.1) is 0 Å². The Morgan fingerprint density at radius 2 is 2.13 bits per heavy atom. The molecule has 2 rings (SSSR count). The molecule has 0 saturated heterocycles. The van der Waals surface area contributed by atoms with Gasteiger partial charge in [0.1, 0.15) is 5.75 Å². The van der Waals surface area contributed by atoms with Crippen molar-refractivity contribution in [3.8, 4) is 5.75 Å². The van der Waals surface area contributed by atoms with Crippen molar-refractivity contribution in [2.24, 2.45) is 10.9 Å². The van der Waals surface area contributed by atoms with Gasteiger partial charge in [0.2, 0.25) is 0 Å². The largest absolute Gasteiger partial charge is 0.496 e. The zero-order valence-electron chi connectivity index (χ0n) is 14.6. The molecule has 4 nitrogen and oxygen atoms in total. The van der Waals surface area contributed by atoms with Crippen LogP contribution in [0.3, 0.4) is 0 Å². The van der Waals surface area contributed by atoms with Crippen molar-refractivity contribution in [1.29, 1.82) is 0 Å². The number of hydrogen-bond donors (Lipinski definition) is 1. The van der Waals surface area contributed by atoms with Gasteiger partial charge in [0.15, 0.2) is 0 Å². The lowest BCUT2D eigenvalue weighted by molar-refractivity contribution is 0.410. The van der Waals surface area contributed by atoms with Gasteiger partial charge in [-0.05, 0) is 24.0 Å². The maximum Gasteiger partial charge on any atom is 0.124 e. The molecule has 0 spiro atoms. The third-order valence-electron chi connectivity index (χ3n) is 3.89. The molecular weight excluding hydrogens is 286 g/mol. The lowest BCUT2D eigenvalue weighted by Crippen LogP contribution is -2.30. The van der Waals surface area contributed by atoms with Crippen LogP contribution in [0, 0.1) is 5.92 Å². The van der Waals surface area contributed by atoms with Crippen molar-refractivity contribution in [1.82, 2.24) is 10.2 Å². The first-order chi connectivity index (χ1) is 11.0. The Hall–Kier alpha value is -2.23. The van der Waals surface area contributed by atoms with Gasteiger partial charge in [-0.3, -0.25) is 0 Å². The highest BCUT2D eigenvalue weighted by Crippen LogP contribution is 2.36. The van der Waals surface area contributed by atoms with Crippen LogP contribution in [0.1, 0.15) is 31.9 Å². The zero-order chi connectivity index (χ0) is 17.0. The summed E-state index contributed by atoms with van der Waals surface area (Å²) in [6.45, 7) is 16.4. The summed E-state index contributed by atoms with van der Waals surface area (Å²) in [5.41, 5.74) is 5.04. The molecule has 0 atom stereocenters. The van der Waals surface area contributed by atoms with Crippen molar-refractivity contribution in [3.63, 3.8) is 0 Å². The van der Waals surface area contributed by atoms with Crippen LogP contribution in [0.5, 0.6) is 5.75 Å². The Bertz CT molecular complexity index is 632. The fraction of sp³-hybridized carbons (Fsp3) is 0.421. The van der Waals surface area contributed by atoms with Gasteiger partial charge in [-0.1, -0.05) is 33.9 Å². The van der Waals surface area contributed by atoms with E-state index in [2.05, 4.69) is 50.3 Å². The van der Waals surface area contributed by atoms with Crippen LogP contribution < -0.4 is 10.1 Å². The first-order valence-electron chi connectivity index (χ1n) is 8.08. The van der Waals surface area contributed by atoms with Crippen LogP contribution in [-0.2, 0) is 6.42 Å². The fourth-order valence-corrected chi connectivity index (χ4v) is 2.52. The van der Waals surface area contributed by atoms with E-state index >= 15 is 0 Å². The molecular formula is C19H27N3O. The standard InChI is InChI=1S/C19H27N3O/c1-7-16-8-17-15(5)22(11-14(4)20-10-13(2)3)12-21-18(17)9-19(16)23-6/h8-9,12-13,20H,4-5,7,10-11H2,1-3,6H3. The summed E-state index contributed by atoms with van der Waals surface area (Å²) >= 11 is 0. The van der Waals surface area contributed by atoms with E-state index in [0.717, 1.165) is 41.4 Å². The Morgan fingerprint density at radius 1 is 1.39 bits per heavy atom. The summed E-state index contributed by atoms with van der Waals surface area (Å²) in [6.07, 6.45) is 2.73. The Kier molecular flexibility index (Phi) is 5.48. The van der Waals surface area contributed by atoms with Crippen molar-refractivity contribution in [2.45, 2.75) is 27.2 Å². The van der Waals surface area contributed by atoms with Gasteiger partial charge in [0.25, 0.3) is 0 Å². The predicted molar refractivity (Wildman–Crippen MR) is 98.2 cm³/mol. The topological polar surface area (TPSA) is 36.9 Å². The highest BCUT2D eigenvalue weighted by atomic mass is 16.5. The van der Waals surface area contributed by atoms with Crippen LogP contribution in [0.15, 0.2) is 36.0 Å². The number of hydrogen-bond acceptors (Lipinski definition) is 4. The van der Waals surface area contributed by atoms with Gasteiger partial charge in [0, 0.05) is 29.6 Å². The van der Waals surface area contributed by atoms with E-state index in [0.29, 0.717) is 12.5 Å². The number of nitrogens with one attached hydrogen (secondary N) is 1. The molecule has 23 heavy (non-hydrogen) atoms. The lowest BCUT2D eigenvalue weighted by atomic mass is 10.0. The molecule has 1 aromatic rings. The average Bonchev–Trinajstić information content (AvgIpc) is 2.54. The molecule has 1 N–H and O–H groups in total. The van der Waals surface area contributed by atoms with Crippen molar-refractivity contribution < 1.29 is 4.74 Å². The number of fused-ring (bicyclic) bond motifs is 1. The van der Waals surface area contributed by atoms with Crippen molar-refractivity contribution in [3.05, 3.63) is 42.1 Å². The molecule has 0 aliphatic carbocycles. The fourth-order valence-electron chi connectivity index (χ4n) is 2.52. The van der Waals surface area contributed by atoms with E-state index < -0.39 is 0 Å². The second kappa shape index (κ2) is 7.36. The molecule has 0 fully saturated rings. The summed E-state index contributed by atoms with van der Waals surface area (Å²) in [4.78, 5) is 6.58. The number of nitrogens with zero attached hydrogens (tertiary/aromatic N) is 2. The maximum atomic E-state index is 5.44. The highest BCUT2D eigenvalue weighted by molar-refractivity contribution is 5.87. The second-order valence-electron chi connectivity index (χ2n) is 6.23. The molecule has 0 bridgehead atoms. The van der Waals surface area contributed by atoms with E-state index in [9.17, 15) is 0 Å². The van der Waals surface area contributed by atoms with Gasteiger partial charge < -0.3 is 15.0 Å². The van der Waals surface area contributed by atoms with Crippen LogP contribution in [0.25, 0.3) is 5.70 Å². The number of methoxy groups -OCH3 is 1. The minimum atomic E-state index is 0.588. The monoisotopic (exact) mass is 313 g/mol. The molecule has 0 aromatic heterocycles. The highest BCUT2D eigenvalue weighted by Gasteiger charge is 2.19.